The number of imidazole rings is 1. The SMILES string of the molecule is CN=C(NCc1nccn1Cc1ccccc1)NC1CC(C)N(C2CC2)C1.I. The molecule has 152 valence electrons. The van der Waals surface area contributed by atoms with Crippen molar-refractivity contribution in [1.29, 1.82) is 0 Å². The third kappa shape index (κ3) is 5.26. The monoisotopic (exact) mass is 494 g/mol. The lowest BCUT2D eigenvalue weighted by molar-refractivity contribution is 0.256. The number of halogens is 1. The minimum absolute atomic E-state index is 0. The normalized spacial score (nSPS) is 22.7. The number of guanidine groups is 1. The number of benzene rings is 1. The van der Waals surface area contributed by atoms with E-state index in [1.165, 1.54) is 24.8 Å². The van der Waals surface area contributed by atoms with E-state index in [1.807, 2.05) is 25.5 Å². The number of hydrogen-bond donors (Lipinski definition) is 2. The molecule has 1 aliphatic heterocycles. The van der Waals surface area contributed by atoms with Crippen LogP contribution < -0.4 is 10.6 Å². The second-order valence-electron chi connectivity index (χ2n) is 7.74. The van der Waals surface area contributed by atoms with Crippen molar-refractivity contribution in [2.75, 3.05) is 13.6 Å². The van der Waals surface area contributed by atoms with Gasteiger partial charge in [0.2, 0.25) is 0 Å². The van der Waals surface area contributed by atoms with Crippen LogP contribution >= 0.6 is 24.0 Å². The Morgan fingerprint density at radius 3 is 2.75 bits per heavy atom. The topological polar surface area (TPSA) is 57.5 Å². The number of rotatable bonds is 6. The predicted molar refractivity (Wildman–Crippen MR) is 124 cm³/mol. The number of nitrogens with one attached hydrogen (secondary N) is 2. The lowest BCUT2D eigenvalue weighted by Crippen LogP contribution is -2.44. The fraction of sp³-hybridized carbons (Fsp3) is 0.524. The molecule has 1 saturated carbocycles. The second-order valence-corrected chi connectivity index (χ2v) is 7.74. The summed E-state index contributed by atoms with van der Waals surface area (Å²) in [4.78, 5) is 11.6. The molecule has 0 bridgehead atoms. The van der Waals surface area contributed by atoms with E-state index in [-0.39, 0.29) is 24.0 Å². The Hall–Kier alpha value is -1.61. The largest absolute Gasteiger partial charge is 0.352 e. The van der Waals surface area contributed by atoms with E-state index in [4.69, 9.17) is 0 Å². The zero-order valence-corrected chi connectivity index (χ0v) is 19.0. The van der Waals surface area contributed by atoms with Gasteiger partial charge in [-0.05, 0) is 31.7 Å². The van der Waals surface area contributed by atoms with E-state index in [9.17, 15) is 0 Å². The number of aliphatic imine (C=N–C) groups is 1. The average Bonchev–Trinajstić information content (AvgIpc) is 3.33. The molecule has 0 amide bonds. The zero-order valence-electron chi connectivity index (χ0n) is 16.7. The van der Waals surface area contributed by atoms with Gasteiger partial charge in [0.05, 0.1) is 6.54 Å². The van der Waals surface area contributed by atoms with Gasteiger partial charge in [-0.15, -0.1) is 24.0 Å². The van der Waals surface area contributed by atoms with Crippen LogP contribution in [0.15, 0.2) is 47.7 Å². The highest BCUT2D eigenvalue weighted by Gasteiger charge is 2.38. The lowest BCUT2D eigenvalue weighted by atomic mass is 10.2. The molecule has 1 aliphatic carbocycles. The Morgan fingerprint density at radius 2 is 2.04 bits per heavy atom. The van der Waals surface area contributed by atoms with Crippen molar-refractivity contribution in [3.05, 3.63) is 54.1 Å². The molecule has 1 aromatic carbocycles. The molecule has 0 spiro atoms. The maximum atomic E-state index is 4.52. The van der Waals surface area contributed by atoms with Gasteiger partial charge in [0.1, 0.15) is 5.82 Å². The maximum absolute atomic E-state index is 4.52. The van der Waals surface area contributed by atoms with Gasteiger partial charge in [0.25, 0.3) is 0 Å². The van der Waals surface area contributed by atoms with Crippen LogP contribution in [0, 0.1) is 0 Å². The summed E-state index contributed by atoms with van der Waals surface area (Å²) in [6.07, 6.45) is 7.82. The number of nitrogens with zero attached hydrogens (tertiary/aromatic N) is 4. The van der Waals surface area contributed by atoms with Crippen LogP contribution in [0.1, 0.15) is 37.6 Å². The quantitative estimate of drug-likeness (QED) is 0.369. The van der Waals surface area contributed by atoms with Crippen molar-refractivity contribution in [1.82, 2.24) is 25.1 Å². The molecule has 2 heterocycles. The molecule has 2 N–H and O–H groups in total. The van der Waals surface area contributed by atoms with Crippen molar-refractivity contribution >= 4 is 29.9 Å². The van der Waals surface area contributed by atoms with Crippen molar-refractivity contribution in [3.8, 4) is 0 Å². The Balaban J connectivity index is 0.00000225. The Bertz CT molecular complexity index is 770. The van der Waals surface area contributed by atoms with E-state index in [1.54, 1.807) is 0 Å². The first-order valence-electron chi connectivity index (χ1n) is 10.00. The summed E-state index contributed by atoms with van der Waals surface area (Å²) in [6, 6.07) is 12.4. The van der Waals surface area contributed by atoms with Gasteiger partial charge >= 0.3 is 0 Å². The van der Waals surface area contributed by atoms with Crippen LogP contribution in [0.4, 0.5) is 0 Å². The fourth-order valence-electron chi connectivity index (χ4n) is 4.06. The highest BCUT2D eigenvalue weighted by molar-refractivity contribution is 14.0. The standard InChI is InChI=1S/C21H30N6.HI/c1-16-12-18(15-27(16)19-8-9-19)25-21(22-2)24-13-20-23-10-11-26(20)14-17-6-4-3-5-7-17;/h3-7,10-11,16,18-19H,8-9,12-15H2,1-2H3,(H2,22,24,25);1H. The molecule has 2 aromatic rings. The minimum atomic E-state index is 0. The minimum Gasteiger partial charge on any atom is -0.352 e. The van der Waals surface area contributed by atoms with Gasteiger partial charge < -0.3 is 15.2 Å². The summed E-state index contributed by atoms with van der Waals surface area (Å²) in [7, 11) is 1.84. The highest BCUT2D eigenvalue weighted by Crippen LogP contribution is 2.33. The number of aromatic nitrogens is 2. The predicted octanol–water partition coefficient (Wildman–Crippen LogP) is 2.84. The van der Waals surface area contributed by atoms with Crippen LogP contribution in [0.5, 0.6) is 0 Å². The number of likely N-dealkylation sites (tertiary alicyclic amines) is 1. The first-order chi connectivity index (χ1) is 13.2. The van der Waals surface area contributed by atoms with Crippen molar-refractivity contribution in [2.45, 2.75) is 57.4 Å². The molecule has 28 heavy (non-hydrogen) atoms. The molecule has 2 aliphatic rings. The van der Waals surface area contributed by atoms with Crippen LogP contribution in [0.25, 0.3) is 0 Å². The molecule has 1 saturated heterocycles. The molecule has 2 unspecified atom stereocenters. The van der Waals surface area contributed by atoms with Crippen LogP contribution in [-0.2, 0) is 13.1 Å². The van der Waals surface area contributed by atoms with Crippen LogP contribution in [0.3, 0.4) is 0 Å². The van der Waals surface area contributed by atoms with Crippen molar-refractivity contribution in [3.63, 3.8) is 0 Å². The average molecular weight is 494 g/mol. The Labute approximate surface area is 184 Å². The van der Waals surface area contributed by atoms with Crippen LogP contribution in [0.2, 0.25) is 0 Å². The molecule has 6 nitrogen and oxygen atoms in total. The van der Waals surface area contributed by atoms with E-state index in [2.05, 4.69) is 61.3 Å². The first-order valence-corrected chi connectivity index (χ1v) is 10.00. The first kappa shape index (κ1) is 21.1. The van der Waals surface area contributed by atoms with Crippen molar-refractivity contribution in [2.24, 2.45) is 4.99 Å². The Kier molecular flexibility index (Phi) is 7.34. The van der Waals surface area contributed by atoms with E-state index in [0.717, 1.165) is 30.9 Å². The number of hydrogen-bond acceptors (Lipinski definition) is 3. The highest BCUT2D eigenvalue weighted by atomic mass is 127. The molecule has 2 fully saturated rings. The molecule has 7 heteroatoms. The maximum Gasteiger partial charge on any atom is 0.191 e. The summed E-state index contributed by atoms with van der Waals surface area (Å²) in [5.74, 6) is 1.88. The summed E-state index contributed by atoms with van der Waals surface area (Å²) in [5, 5.41) is 7.04. The fourth-order valence-corrected chi connectivity index (χ4v) is 4.06. The lowest BCUT2D eigenvalue weighted by Gasteiger charge is -2.20. The van der Waals surface area contributed by atoms with Gasteiger partial charge in [-0.3, -0.25) is 9.89 Å². The third-order valence-corrected chi connectivity index (χ3v) is 5.61. The van der Waals surface area contributed by atoms with Gasteiger partial charge in [-0.25, -0.2) is 4.98 Å². The Morgan fingerprint density at radius 1 is 1.25 bits per heavy atom. The molecular formula is C21H31IN6. The van der Waals surface area contributed by atoms with E-state index in [0.29, 0.717) is 18.6 Å². The summed E-state index contributed by atoms with van der Waals surface area (Å²) >= 11 is 0. The molecule has 1 aromatic heterocycles. The second kappa shape index (κ2) is 9.73. The van der Waals surface area contributed by atoms with Crippen molar-refractivity contribution < 1.29 is 0 Å². The van der Waals surface area contributed by atoms with Crippen LogP contribution in [-0.4, -0.2) is 52.1 Å². The van der Waals surface area contributed by atoms with Gasteiger partial charge in [-0.2, -0.15) is 0 Å². The molecule has 0 radical (unpaired) electrons. The molecule has 2 atom stereocenters. The summed E-state index contributed by atoms with van der Waals surface area (Å²) < 4.78 is 2.18. The van der Waals surface area contributed by atoms with E-state index >= 15 is 0 Å². The third-order valence-electron chi connectivity index (χ3n) is 5.61. The zero-order chi connectivity index (χ0) is 18.6. The summed E-state index contributed by atoms with van der Waals surface area (Å²) in [6.45, 7) is 4.96. The van der Waals surface area contributed by atoms with Gasteiger partial charge in [-0.1, -0.05) is 30.3 Å². The van der Waals surface area contributed by atoms with Gasteiger partial charge in [0.15, 0.2) is 5.96 Å². The molecular weight excluding hydrogens is 463 g/mol. The smallest absolute Gasteiger partial charge is 0.191 e. The molecule has 4 rings (SSSR count). The van der Waals surface area contributed by atoms with Gasteiger partial charge in [0, 0.05) is 50.7 Å². The summed E-state index contributed by atoms with van der Waals surface area (Å²) in [5.41, 5.74) is 1.28. The van der Waals surface area contributed by atoms with E-state index < -0.39 is 0 Å².